The van der Waals surface area contributed by atoms with Crippen LogP contribution in [0.5, 0.6) is 0 Å². The second kappa shape index (κ2) is 4.81. The third kappa shape index (κ3) is 2.82. The zero-order chi connectivity index (χ0) is 12.1. The number of H-pyrrole nitrogens is 1. The normalized spacial score (nSPS) is 9.35. The van der Waals surface area contributed by atoms with Crippen molar-refractivity contribution in [2.45, 2.75) is 0 Å². The van der Waals surface area contributed by atoms with Crippen molar-refractivity contribution in [1.29, 1.82) is 5.26 Å². The van der Waals surface area contributed by atoms with Gasteiger partial charge in [-0.15, -0.1) is 0 Å². The lowest BCUT2D eigenvalue weighted by molar-refractivity contribution is 0.262. The molecule has 84 valence electrons. The third-order valence-electron chi connectivity index (χ3n) is 2.02. The quantitative estimate of drug-likeness (QED) is 0.731. The summed E-state index contributed by atoms with van der Waals surface area (Å²) in [7, 11) is 0. The molecule has 0 aliphatic rings. The van der Waals surface area contributed by atoms with Gasteiger partial charge in [-0.2, -0.15) is 5.26 Å². The Morgan fingerprint density at radius 1 is 1.29 bits per heavy atom. The molecule has 0 fully saturated rings. The van der Waals surface area contributed by atoms with E-state index in [0.29, 0.717) is 17.1 Å². The first kappa shape index (κ1) is 10.7. The Hall–Kier alpha value is -2.81. The summed E-state index contributed by atoms with van der Waals surface area (Å²) >= 11 is 0. The highest BCUT2D eigenvalue weighted by atomic mass is 16.2. The number of nitrogens with zero attached hydrogens (tertiary/aromatic N) is 2. The van der Waals surface area contributed by atoms with E-state index < -0.39 is 0 Å². The molecule has 0 aliphatic heterocycles. The van der Waals surface area contributed by atoms with Crippen molar-refractivity contribution in [2.24, 2.45) is 0 Å². The largest absolute Gasteiger partial charge is 0.331 e. The van der Waals surface area contributed by atoms with E-state index in [1.54, 1.807) is 24.3 Å². The molecule has 3 N–H and O–H groups in total. The van der Waals surface area contributed by atoms with E-state index in [0.717, 1.165) is 0 Å². The van der Waals surface area contributed by atoms with Gasteiger partial charge in [-0.25, -0.2) is 9.78 Å². The van der Waals surface area contributed by atoms with Crippen molar-refractivity contribution in [3.8, 4) is 6.07 Å². The Bertz CT molecular complexity index is 538. The Labute approximate surface area is 97.3 Å². The molecule has 0 saturated carbocycles. The Kier molecular flexibility index (Phi) is 3.03. The van der Waals surface area contributed by atoms with Gasteiger partial charge in [-0.05, 0) is 24.3 Å². The molecule has 1 aromatic carbocycles. The van der Waals surface area contributed by atoms with Crippen LogP contribution in [-0.4, -0.2) is 16.0 Å². The summed E-state index contributed by atoms with van der Waals surface area (Å²) in [5.41, 5.74) is 1.16. The van der Waals surface area contributed by atoms with Gasteiger partial charge in [0.15, 0.2) is 0 Å². The van der Waals surface area contributed by atoms with Crippen LogP contribution in [0.4, 0.5) is 16.3 Å². The lowest BCUT2D eigenvalue weighted by atomic mass is 10.2. The number of rotatable bonds is 2. The lowest BCUT2D eigenvalue weighted by Crippen LogP contribution is -2.19. The molecular weight excluding hydrogens is 218 g/mol. The van der Waals surface area contributed by atoms with E-state index >= 15 is 0 Å². The molecule has 1 aromatic heterocycles. The first-order valence-corrected chi connectivity index (χ1v) is 4.84. The number of carbonyl (C=O) groups excluding carboxylic acids is 1. The first-order chi connectivity index (χ1) is 8.28. The lowest BCUT2D eigenvalue weighted by Gasteiger charge is -2.05. The summed E-state index contributed by atoms with van der Waals surface area (Å²) in [5.74, 6) is 0.510. The molecule has 0 spiro atoms. The maximum atomic E-state index is 11.5. The number of nitrogens with one attached hydrogen (secondary N) is 3. The van der Waals surface area contributed by atoms with Gasteiger partial charge < -0.3 is 10.3 Å². The zero-order valence-electron chi connectivity index (χ0n) is 8.77. The van der Waals surface area contributed by atoms with Crippen LogP contribution in [0.1, 0.15) is 5.56 Å². The van der Waals surface area contributed by atoms with Crippen LogP contribution < -0.4 is 10.6 Å². The van der Waals surface area contributed by atoms with Gasteiger partial charge in [0.25, 0.3) is 0 Å². The molecule has 6 heteroatoms. The van der Waals surface area contributed by atoms with E-state index in [9.17, 15) is 4.79 Å². The average molecular weight is 227 g/mol. The number of urea groups is 1. The van der Waals surface area contributed by atoms with Crippen LogP contribution >= 0.6 is 0 Å². The molecule has 2 aromatic rings. The number of amides is 2. The highest BCUT2D eigenvalue weighted by Gasteiger charge is 2.02. The Balaban J connectivity index is 1.96. The summed E-state index contributed by atoms with van der Waals surface area (Å²) in [4.78, 5) is 18.0. The summed E-state index contributed by atoms with van der Waals surface area (Å²) in [6.45, 7) is 0. The summed E-state index contributed by atoms with van der Waals surface area (Å²) in [5, 5.41) is 13.8. The van der Waals surface area contributed by atoms with Crippen molar-refractivity contribution in [1.82, 2.24) is 9.97 Å². The SMILES string of the molecule is N#Cc1ccc(NC(=O)Nc2cnc[nH]2)cc1. The Morgan fingerprint density at radius 2 is 2.06 bits per heavy atom. The van der Waals surface area contributed by atoms with Gasteiger partial charge in [0.2, 0.25) is 0 Å². The first-order valence-electron chi connectivity index (χ1n) is 4.84. The number of nitriles is 1. The number of benzene rings is 1. The van der Waals surface area contributed by atoms with Crippen molar-refractivity contribution in [2.75, 3.05) is 10.6 Å². The standard InChI is InChI=1S/C11H9N5O/c12-5-8-1-3-9(4-2-8)15-11(17)16-10-6-13-7-14-10/h1-4,6-7H,(H,13,14)(H2,15,16,17). The van der Waals surface area contributed by atoms with Crippen LogP contribution in [0.25, 0.3) is 0 Å². The number of aromatic nitrogens is 2. The van der Waals surface area contributed by atoms with E-state index in [1.165, 1.54) is 12.5 Å². The summed E-state index contributed by atoms with van der Waals surface area (Å²) in [6.07, 6.45) is 2.97. The topological polar surface area (TPSA) is 93.6 Å². The zero-order valence-corrected chi connectivity index (χ0v) is 8.77. The van der Waals surface area contributed by atoms with Crippen LogP contribution in [0.3, 0.4) is 0 Å². The van der Waals surface area contributed by atoms with Crippen LogP contribution in [0.15, 0.2) is 36.8 Å². The van der Waals surface area contributed by atoms with Crippen molar-refractivity contribution >= 4 is 17.5 Å². The highest BCUT2D eigenvalue weighted by Crippen LogP contribution is 2.09. The minimum atomic E-state index is -0.376. The molecule has 0 atom stereocenters. The molecule has 0 aliphatic carbocycles. The minimum absolute atomic E-state index is 0.376. The third-order valence-corrected chi connectivity index (χ3v) is 2.02. The fraction of sp³-hybridized carbons (Fsp3) is 0. The van der Waals surface area contributed by atoms with Crippen molar-refractivity contribution in [3.63, 3.8) is 0 Å². The summed E-state index contributed by atoms with van der Waals surface area (Å²) in [6, 6.07) is 8.20. The number of hydrogen-bond donors (Lipinski definition) is 3. The number of carbonyl (C=O) groups is 1. The van der Waals surface area contributed by atoms with Crippen LogP contribution in [-0.2, 0) is 0 Å². The van der Waals surface area contributed by atoms with Crippen LogP contribution in [0.2, 0.25) is 0 Å². The molecule has 0 radical (unpaired) electrons. The Morgan fingerprint density at radius 3 is 2.65 bits per heavy atom. The monoisotopic (exact) mass is 227 g/mol. The number of imidazole rings is 1. The average Bonchev–Trinajstić information content (AvgIpc) is 2.82. The smallest absolute Gasteiger partial charge is 0.324 e. The molecule has 0 unspecified atom stereocenters. The van der Waals surface area contributed by atoms with E-state index in [-0.39, 0.29) is 6.03 Å². The van der Waals surface area contributed by atoms with Crippen molar-refractivity contribution < 1.29 is 4.79 Å². The maximum absolute atomic E-state index is 11.5. The van der Waals surface area contributed by atoms with E-state index in [1.807, 2.05) is 6.07 Å². The van der Waals surface area contributed by atoms with Crippen molar-refractivity contribution in [3.05, 3.63) is 42.4 Å². The molecule has 0 saturated heterocycles. The second-order valence-electron chi connectivity index (χ2n) is 3.23. The molecule has 17 heavy (non-hydrogen) atoms. The predicted octanol–water partition coefficient (Wildman–Crippen LogP) is 1.93. The van der Waals surface area contributed by atoms with Gasteiger partial charge in [0, 0.05) is 5.69 Å². The molecule has 6 nitrogen and oxygen atoms in total. The molecule has 2 amide bonds. The second-order valence-corrected chi connectivity index (χ2v) is 3.23. The van der Waals surface area contributed by atoms with Gasteiger partial charge in [-0.3, -0.25) is 5.32 Å². The van der Waals surface area contributed by atoms with Gasteiger partial charge in [-0.1, -0.05) is 0 Å². The minimum Gasteiger partial charge on any atom is -0.331 e. The fourth-order valence-corrected chi connectivity index (χ4v) is 1.24. The number of anilines is 2. The van der Waals surface area contributed by atoms with Gasteiger partial charge in [0.1, 0.15) is 5.82 Å². The number of aromatic amines is 1. The molecular formula is C11H9N5O. The molecule has 1 heterocycles. The van der Waals surface area contributed by atoms with E-state index in [4.69, 9.17) is 5.26 Å². The number of hydrogen-bond acceptors (Lipinski definition) is 3. The molecule has 0 bridgehead atoms. The maximum Gasteiger partial charge on any atom is 0.324 e. The van der Waals surface area contributed by atoms with E-state index in [2.05, 4.69) is 20.6 Å². The van der Waals surface area contributed by atoms with Crippen LogP contribution in [0, 0.1) is 11.3 Å². The predicted molar refractivity (Wildman–Crippen MR) is 62.4 cm³/mol. The van der Waals surface area contributed by atoms with Gasteiger partial charge >= 0.3 is 6.03 Å². The fourth-order valence-electron chi connectivity index (χ4n) is 1.24. The van der Waals surface area contributed by atoms with Gasteiger partial charge in [0.05, 0.1) is 24.2 Å². The summed E-state index contributed by atoms with van der Waals surface area (Å²) < 4.78 is 0. The molecule has 2 rings (SSSR count). The highest BCUT2D eigenvalue weighted by molar-refractivity contribution is 5.99.